The molecule has 0 aliphatic carbocycles. The highest BCUT2D eigenvalue weighted by Crippen LogP contribution is 2.23. The minimum Gasteiger partial charge on any atom is -0.508 e. The average molecular weight is 309 g/mol. The van der Waals surface area contributed by atoms with Gasteiger partial charge in [-0.15, -0.1) is 0 Å². The summed E-state index contributed by atoms with van der Waals surface area (Å²) in [5, 5.41) is 19.2. The number of phenols is 2. The number of rotatable bonds is 5. The molecule has 2 rings (SSSR count). The molecule has 0 fully saturated rings. The van der Waals surface area contributed by atoms with Crippen molar-refractivity contribution in [1.82, 2.24) is 0 Å². The Labute approximate surface area is 126 Å². The second-order valence-electron chi connectivity index (χ2n) is 4.14. The number of hydrogen-bond acceptors (Lipinski definition) is 5. The summed E-state index contributed by atoms with van der Waals surface area (Å²) in [5.74, 6) is -0.586. The zero-order chi connectivity index (χ0) is 15.2. The first kappa shape index (κ1) is 15.0. The molecule has 6 heteroatoms. The fourth-order valence-electron chi connectivity index (χ4n) is 1.62. The Hall–Kier alpha value is -2.40. The monoisotopic (exact) mass is 308 g/mol. The van der Waals surface area contributed by atoms with Crippen molar-refractivity contribution in [2.75, 3.05) is 13.2 Å². The second-order valence-corrected chi connectivity index (χ2v) is 4.58. The highest BCUT2D eigenvalue weighted by atomic mass is 35.5. The summed E-state index contributed by atoms with van der Waals surface area (Å²) in [4.78, 5) is 11.7. The molecule has 0 unspecified atom stereocenters. The summed E-state index contributed by atoms with van der Waals surface area (Å²) in [6, 6.07) is 10.5. The van der Waals surface area contributed by atoms with Crippen molar-refractivity contribution >= 4 is 17.6 Å². The van der Waals surface area contributed by atoms with E-state index >= 15 is 0 Å². The Balaban J connectivity index is 1.82. The van der Waals surface area contributed by atoms with Gasteiger partial charge in [-0.3, -0.25) is 0 Å². The topological polar surface area (TPSA) is 76.0 Å². The van der Waals surface area contributed by atoms with Crippen LogP contribution in [-0.4, -0.2) is 29.4 Å². The molecule has 0 amide bonds. The van der Waals surface area contributed by atoms with Crippen molar-refractivity contribution in [2.45, 2.75) is 0 Å². The number of aromatic hydroxyl groups is 2. The Morgan fingerprint density at radius 1 is 1.10 bits per heavy atom. The van der Waals surface area contributed by atoms with Gasteiger partial charge in [0.1, 0.15) is 36.0 Å². The molecule has 0 heterocycles. The van der Waals surface area contributed by atoms with Crippen LogP contribution in [0.15, 0.2) is 42.5 Å². The van der Waals surface area contributed by atoms with E-state index in [0.29, 0.717) is 10.8 Å². The fraction of sp³-hybridized carbons (Fsp3) is 0.133. The number of ether oxygens (including phenoxy) is 2. The van der Waals surface area contributed by atoms with Crippen molar-refractivity contribution in [1.29, 1.82) is 0 Å². The van der Waals surface area contributed by atoms with Crippen LogP contribution < -0.4 is 4.74 Å². The maximum atomic E-state index is 11.7. The maximum Gasteiger partial charge on any atom is 0.342 e. The average Bonchev–Trinajstić information content (AvgIpc) is 2.43. The molecule has 0 spiro atoms. The van der Waals surface area contributed by atoms with Gasteiger partial charge in [-0.25, -0.2) is 4.79 Å². The molecule has 2 aromatic rings. The van der Waals surface area contributed by atoms with Crippen LogP contribution in [0.4, 0.5) is 0 Å². The smallest absolute Gasteiger partial charge is 0.342 e. The first-order chi connectivity index (χ1) is 10.1. The number of esters is 1. The standard InChI is InChI=1S/C15H13ClO5/c16-10-2-1-3-12(8-10)20-6-7-21-15(19)13-5-4-11(17)9-14(13)18/h1-5,8-9,17-18H,6-7H2. The number of carbonyl (C=O) groups is 1. The third kappa shape index (κ3) is 4.29. The van der Waals surface area contributed by atoms with E-state index in [2.05, 4.69) is 0 Å². The third-order valence-electron chi connectivity index (χ3n) is 2.58. The van der Waals surface area contributed by atoms with Gasteiger partial charge in [0.05, 0.1) is 0 Å². The second kappa shape index (κ2) is 6.85. The molecule has 0 saturated heterocycles. The molecule has 2 aromatic carbocycles. The Kier molecular flexibility index (Phi) is 4.90. The summed E-state index contributed by atoms with van der Waals surface area (Å²) in [6.07, 6.45) is 0. The van der Waals surface area contributed by atoms with E-state index in [1.54, 1.807) is 24.3 Å². The molecular weight excluding hydrogens is 296 g/mol. The lowest BCUT2D eigenvalue weighted by atomic mass is 10.2. The van der Waals surface area contributed by atoms with Crippen molar-refractivity contribution in [2.24, 2.45) is 0 Å². The van der Waals surface area contributed by atoms with Crippen LogP contribution in [0.3, 0.4) is 0 Å². The van der Waals surface area contributed by atoms with E-state index in [0.717, 1.165) is 6.07 Å². The molecule has 0 atom stereocenters. The molecule has 0 aliphatic heterocycles. The summed E-state index contributed by atoms with van der Waals surface area (Å²) >= 11 is 5.80. The van der Waals surface area contributed by atoms with Gasteiger partial charge in [0.15, 0.2) is 0 Å². The van der Waals surface area contributed by atoms with Crippen molar-refractivity contribution < 1.29 is 24.5 Å². The fourth-order valence-corrected chi connectivity index (χ4v) is 1.80. The van der Waals surface area contributed by atoms with Gasteiger partial charge >= 0.3 is 5.97 Å². The highest BCUT2D eigenvalue weighted by molar-refractivity contribution is 6.30. The van der Waals surface area contributed by atoms with Crippen molar-refractivity contribution in [3.8, 4) is 17.2 Å². The van der Waals surface area contributed by atoms with Gasteiger partial charge in [0.2, 0.25) is 0 Å². The third-order valence-corrected chi connectivity index (χ3v) is 2.82. The minimum absolute atomic E-state index is 0.0180. The first-order valence-electron chi connectivity index (χ1n) is 6.14. The predicted octanol–water partition coefficient (Wildman–Crippen LogP) is 2.99. The minimum atomic E-state index is -0.692. The number of carbonyl (C=O) groups excluding carboxylic acids is 1. The van der Waals surface area contributed by atoms with Gasteiger partial charge in [-0.1, -0.05) is 17.7 Å². The summed E-state index contributed by atoms with van der Waals surface area (Å²) in [6.45, 7) is 0.177. The van der Waals surface area contributed by atoms with Gasteiger partial charge in [-0.05, 0) is 30.3 Å². The maximum absolute atomic E-state index is 11.7. The SMILES string of the molecule is O=C(OCCOc1cccc(Cl)c1)c1ccc(O)cc1O. The molecule has 0 saturated carbocycles. The molecule has 2 N–H and O–H groups in total. The van der Waals surface area contributed by atoms with E-state index in [1.165, 1.54) is 12.1 Å². The van der Waals surface area contributed by atoms with Crippen LogP contribution in [-0.2, 0) is 4.74 Å². The van der Waals surface area contributed by atoms with Crippen LogP contribution in [0.2, 0.25) is 5.02 Å². The Bertz CT molecular complexity index is 642. The Morgan fingerprint density at radius 2 is 1.90 bits per heavy atom. The zero-order valence-electron chi connectivity index (χ0n) is 11.0. The number of hydrogen-bond donors (Lipinski definition) is 2. The summed E-state index contributed by atoms with van der Waals surface area (Å²) < 4.78 is 10.3. The Morgan fingerprint density at radius 3 is 2.62 bits per heavy atom. The molecule has 0 radical (unpaired) electrons. The molecule has 0 aromatic heterocycles. The van der Waals surface area contributed by atoms with Gasteiger partial charge in [0, 0.05) is 11.1 Å². The lowest BCUT2D eigenvalue weighted by Gasteiger charge is -2.08. The largest absolute Gasteiger partial charge is 0.508 e. The highest BCUT2D eigenvalue weighted by Gasteiger charge is 2.12. The van der Waals surface area contributed by atoms with E-state index in [-0.39, 0.29) is 30.3 Å². The molecular formula is C15H13ClO5. The van der Waals surface area contributed by atoms with Crippen LogP contribution in [0, 0.1) is 0 Å². The quantitative estimate of drug-likeness (QED) is 0.656. The van der Waals surface area contributed by atoms with E-state index < -0.39 is 5.97 Å². The van der Waals surface area contributed by atoms with Crippen LogP contribution in [0.1, 0.15) is 10.4 Å². The predicted molar refractivity (Wildman–Crippen MR) is 77.0 cm³/mol. The molecule has 110 valence electrons. The van der Waals surface area contributed by atoms with Gasteiger partial charge < -0.3 is 19.7 Å². The van der Waals surface area contributed by atoms with Gasteiger partial charge in [-0.2, -0.15) is 0 Å². The molecule has 21 heavy (non-hydrogen) atoms. The van der Waals surface area contributed by atoms with Crippen LogP contribution in [0.25, 0.3) is 0 Å². The first-order valence-corrected chi connectivity index (χ1v) is 6.51. The summed E-state index contributed by atoms with van der Waals surface area (Å²) in [5.41, 5.74) is -0.0180. The molecule has 5 nitrogen and oxygen atoms in total. The normalized spacial score (nSPS) is 10.1. The van der Waals surface area contributed by atoms with Crippen LogP contribution >= 0.6 is 11.6 Å². The van der Waals surface area contributed by atoms with E-state index in [9.17, 15) is 9.90 Å². The lowest BCUT2D eigenvalue weighted by Crippen LogP contribution is -2.12. The van der Waals surface area contributed by atoms with Crippen molar-refractivity contribution in [3.63, 3.8) is 0 Å². The van der Waals surface area contributed by atoms with E-state index in [1.807, 2.05) is 0 Å². The van der Waals surface area contributed by atoms with Crippen LogP contribution in [0.5, 0.6) is 17.2 Å². The molecule has 0 aliphatic rings. The number of benzene rings is 2. The number of halogens is 1. The lowest BCUT2D eigenvalue weighted by molar-refractivity contribution is 0.0447. The summed E-state index contributed by atoms with van der Waals surface area (Å²) in [7, 11) is 0. The zero-order valence-corrected chi connectivity index (χ0v) is 11.7. The number of phenolic OH excluding ortho intramolecular Hbond substituents is 2. The van der Waals surface area contributed by atoms with Crippen molar-refractivity contribution in [3.05, 3.63) is 53.1 Å². The van der Waals surface area contributed by atoms with Gasteiger partial charge in [0.25, 0.3) is 0 Å². The van der Waals surface area contributed by atoms with E-state index in [4.69, 9.17) is 26.2 Å². The molecule has 0 bridgehead atoms.